The standard InChI is InChI=1S/C28H30N6O4/c1-4-38-27(29)19-8-11-21(12-9-19)31-18-25-32-22-17-20(10-13-23(22)33(25)2)28(36)34(16-14-26(35)37-3)24-7-5-6-15-30-24/h5-13,15,17,29,31H,4,14,16,18H2,1-3H3. The van der Waals surface area contributed by atoms with Crippen molar-refractivity contribution in [1.29, 1.82) is 5.41 Å². The number of ether oxygens (including phenoxy) is 2. The molecule has 1 amide bonds. The third-order valence-electron chi connectivity index (χ3n) is 6.04. The number of nitrogens with one attached hydrogen (secondary N) is 2. The Morgan fingerprint density at radius 3 is 2.53 bits per heavy atom. The van der Waals surface area contributed by atoms with Gasteiger partial charge in [-0.1, -0.05) is 6.07 Å². The molecule has 2 aromatic carbocycles. The van der Waals surface area contributed by atoms with Gasteiger partial charge in [-0.2, -0.15) is 0 Å². The first kappa shape index (κ1) is 26.3. The predicted octanol–water partition coefficient (Wildman–Crippen LogP) is 4.15. The number of hydrogen-bond acceptors (Lipinski definition) is 8. The average Bonchev–Trinajstić information content (AvgIpc) is 3.27. The number of amides is 1. The lowest BCUT2D eigenvalue weighted by Gasteiger charge is -2.21. The largest absolute Gasteiger partial charge is 0.478 e. The van der Waals surface area contributed by atoms with Gasteiger partial charge in [0.25, 0.3) is 5.91 Å². The Morgan fingerprint density at radius 1 is 1.08 bits per heavy atom. The van der Waals surface area contributed by atoms with E-state index in [0.717, 1.165) is 17.0 Å². The van der Waals surface area contributed by atoms with E-state index < -0.39 is 5.97 Å². The van der Waals surface area contributed by atoms with E-state index in [1.807, 2.05) is 48.9 Å². The highest BCUT2D eigenvalue weighted by Crippen LogP contribution is 2.21. The quantitative estimate of drug-likeness (QED) is 0.185. The van der Waals surface area contributed by atoms with Gasteiger partial charge in [0, 0.05) is 36.6 Å². The Hall–Kier alpha value is -4.73. The van der Waals surface area contributed by atoms with Crippen LogP contribution in [0.1, 0.15) is 35.1 Å². The molecule has 0 atom stereocenters. The summed E-state index contributed by atoms with van der Waals surface area (Å²) in [4.78, 5) is 35.7. The van der Waals surface area contributed by atoms with E-state index in [2.05, 4.69) is 10.3 Å². The first-order chi connectivity index (χ1) is 18.4. The number of methoxy groups -OCH3 is 1. The van der Waals surface area contributed by atoms with Crippen molar-refractivity contribution in [1.82, 2.24) is 14.5 Å². The molecule has 0 unspecified atom stereocenters. The average molecular weight is 515 g/mol. The lowest BCUT2D eigenvalue weighted by molar-refractivity contribution is -0.140. The Morgan fingerprint density at radius 2 is 1.84 bits per heavy atom. The summed E-state index contributed by atoms with van der Waals surface area (Å²) >= 11 is 0. The fourth-order valence-electron chi connectivity index (χ4n) is 3.98. The van der Waals surface area contributed by atoms with E-state index in [1.54, 1.807) is 36.5 Å². The van der Waals surface area contributed by atoms with Crippen molar-refractivity contribution in [3.63, 3.8) is 0 Å². The minimum Gasteiger partial charge on any atom is -0.478 e. The minimum absolute atomic E-state index is 0.0498. The van der Waals surface area contributed by atoms with E-state index in [-0.39, 0.29) is 24.8 Å². The highest BCUT2D eigenvalue weighted by molar-refractivity contribution is 6.07. The number of carbonyl (C=O) groups is 2. The summed E-state index contributed by atoms with van der Waals surface area (Å²) in [5.74, 6) is 0.709. The van der Waals surface area contributed by atoms with Crippen LogP contribution in [0.25, 0.3) is 11.0 Å². The van der Waals surface area contributed by atoms with E-state index in [0.29, 0.717) is 35.6 Å². The number of anilines is 2. The van der Waals surface area contributed by atoms with Crippen LogP contribution >= 0.6 is 0 Å². The van der Waals surface area contributed by atoms with Gasteiger partial charge in [-0.25, -0.2) is 9.97 Å². The molecular formula is C28H30N6O4. The molecule has 196 valence electrons. The van der Waals surface area contributed by atoms with Gasteiger partial charge in [0.2, 0.25) is 5.90 Å². The molecule has 0 aliphatic carbocycles. The Kier molecular flexibility index (Phi) is 8.32. The molecular weight excluding hydrogens is 484 g/mol. The topological polar surface area (TPSA) is 122 Å². The maximum atomic E-state index is 13.5. The van der Waals surface area contributed by atoms with Gasteiger partial charge >= 0.3 is 5.97 Å². The number of aryl methyl sites for hydroxylation is 1. The number of esters is 1. The van der Waals surface area contributed by atoms with Crippen LogP contribution in [0.5, 0.6) is 0 Å². The van der Waals surface area contributed by atoms with Gasteiger partial charge in [0.05, 0.1) is 37.7 Å². The lowest BCUT2D eigenvalue weighted by Crippen LogP contribution is -2.33. The van der Waals surface area contributed by atoms with Gasteiger partial charge in [0.15, 0.2) is 0 Å². The van der Waals surface area contributed by atoms with Crippen molar-refractivity contribution in [2.45, 2.75) is 19.9 Å². The Bertz CT molecular complexity index is 1430. The van der Waals surface area contributed by atoms with Gasteiger partial charge < -0.3 is 19.4 Å². The van der Waals surface area contributed by atoms with E-state index >= 15 is 0 Å². The molecule has 2 aromatic heterocycles. The van der Waals surface area contributed by atoms with Crippen LogP contribution in [-0.4, -0.2) is 52.6 Å². The second-order valence-corrected chi connectivity index (χ2v) is 8.45. The van der Waals surface area contributed by atoms with Gasteiger partial charge in [-0.3, -0.25) is 19.9 Å². The van der Waals surface area contributed by atoms with Crippen LogP contribution < -0.4 is 10.2 Å². The van der Waals surface area contributed by atoms with Crippen molar-refractivity contribution >= 4 is 40.3 Å². The summed E-state index contributed by atoms with van der Waals surface area (Å²) < 4.78 is 12.0. The van der Waals surface area contributed by atoms with Crippen LogP contribution in [0.4, 0.5) is 11.5 Å². The summed E-state index contributed by atoms with van der Waals surface area (Å²) in [5.41, 5.74) is 3.61. The molecule has 0 saturated heterocycles. The van der Waals surface area contributed by atoms with E-state index in [4.69, 9.17) is 19.9 Å². The number of aromatic nitrogens is 3. The molecule has 2 N–H and O–H groups in total. The number of rotatable bonds is 10. The SMILES string of the molecule is CCOC(=N)c1ccc(NCc2nc3cc(C(=O)N(CCC(=O)OC)c4ccccn4)ccc3n2C)cc1. The molecule has 0 fully saturated rings. The smallest absolute Gasteiger partial charge is 0.307 e. The van der Waals surface area contributed by atoms with Crippen LogP contribution in [0.2, 0.25) is 0 Å². The lowest BCUT2D eigenvalue weighted by atomic mass is 10.1. The minimum atomic E-state index is -0.404. The second-order valence-electron chi connectivity index (χ2n) is 8.45. The number of fused-ring (bicyclic) bond motifs is 1. The number of hydrogen-bond donors (Lipinski definition) is 2. The van der Waals surface area contributed by atoms with Gasteiger partial charge in [0.1, 0.15) is 11.6 Å². The third kappa shape index (κ3) is 5.97. The fraction of sp³-hybridized carbons (Fsp3) is 0.250. The molecule has 38 heavy (non-hydrogen) atoms. The molecule has 0 aliphatic heterocycles. The molecule has 10 nitrogen and oxygen atoms in total. The summed E-state index contributed by atoms with van der Waals surface area (Å²) in [6.45, 7) is 2.91. The monoisotopic (exact) mass is 514 g/mol. The molecule has 10 heteroatoms. The van der Waals surface area contributed by atoms with E-state index in [9.17, 15) is 9.59 Å². The van der Waals surface area contributed by atoms with Crippen molar-refractivity contribution in [2.75, 3.05) is 30.5 Å². The molecule has 0 saturated carbocycles. The zero-order valence-electron chi connectivity index (χ0n) is 21.6. The molecule has 0 radical (unpaired) electrons. The van der Waals surface area contributed by atoms with Gasteiger partial charge in [-0.05, 0) is 61.5 Å². The normalized spacial score (nSPS) is 10.7. The Balaban J connectivity index is 1.52. The summed E-state index contributed by atoms with van der Waals surface area (Å²) in [6, 6.07) is 18.1. The highest BCUT2D eigenvalue weighted by Gasteiger charge is 2.21. The van der Waals surface area contributed by atoms with Crippen molar-refractivity contribution in [3.05, 3.63) is 83.8 Å². The summed E-state index contributed by atoms with van der Waals surface area (Å²) in [7, 11) is 3.25. The highest BCUT2D eigenvalue weighted by atomic mass is 16.5. The number of benzene rings is 2. The maximum Gasteiger partial charge on any atom is 0.307 e. The number of nitrogens with zero attached hydrogens (tertiary/aromatic N) is 4. The molecule has 4 rings (SSSR count). The van der Waals surface area contributed by atoms with Crippen LogP contribution in [0.15, 0.2) is 66.9 Å². The predicted molar refractivity (Wildman–Crippen MR) is 145 cm³/mol. The summed E-state index contributed by atoms with van der Waals surface area (Å²) in [5, 5.41) is 11.2. The van der Waals surface area contributed by atoms with Crippen molar-refractivity contribution < 1.29 is 19.1 Å². The Labute approximate surface area is 220 Å². The van der Waals surface area contributed by atoms with Crippen molar-refractivity contribution in [2.24, 2.45) is 7.05 Å². The van der Waals surface area contributed by atoms with Crippen LogP contribution in [0, 0.1) is 5.41 Å². The third-order valence-corrected chi connectivity index (χ3v) is 6.04. The molecule has 0 spiro atoms. The molecule has 2 heterocycles. The molecule has 0 bridgehead atoms. The second kappa shape index (κ2) is 12.0. The number of carbonyl (C=O) groups excluding carboxylic acids is 2. The first-order valence-corrected chi connectivity index (χ1v) is 12.2. The van der Waals surface area contributed by atoms with Crippen molar-refractivity contribution in [3.8, 4) is 0 Å². The van der Waals surface area contributed by atoms with Crippen LogP contribution in [0.3, 0.4) is 0 Å². The first-order valence-electron chi connectivity index (χ1n) is 12.2. The van der Waals surface area contributed by atoms with Crippen LogP contribution in [-0.2, 0) is 27.9 Å². The maximum absolute atomic E-state index is 13.5. The summed E-state index contributed by atoms with van der Waals surface area (Å²) in [6.07, 6.45) is 1.65. The molecule has 4 aromatic rings. The van der Waals surface area contributed by atoms with Gasteiger partial charge in [-0.15, -0.1) is 0 Å². The number of pyridine rings is 1. The van der Waals surface area contributed by atoms with E-state index in [1.165, 1.54) is 12.0 Å². The fourth-order valence-corrected chi connectivity index (χ4v) is 3.98. The number of imidazole rings is 1. The molecule has 0 aliphatic rings. The zero-order valence-corrected chi connectivity index (χ0v) is 21.6. The zero-order chi connectivity index (χ0) is 27.1.